The van der Waals surface area contributed by atoms with Crippen LogP contribution in [0.15, 0.2) is 0 Å². The van der Waals surface area contributed by atoms with Gasteiger partial charge < -0.3 is 10.2 Å². The molecule has 2 heteroatoms. The summed E-state index contributed by atoms with van der Waals surface area (Å²) in [4.78, 5) is 2.73. The third-order valence-corrected chi connectivity index (χ3v) is 5.63. The van der Waals surface area contributed by atoms with E-state index in [9.17, 15) is 0 Å². The van der Waals surface area contributed by atoms with E-state index in [1.165, 1.54) is 71.2 Å². The summed E-state index contributed by atoms with van der Waals surface area (Å²) in [7, 11) is 0. The molecule has 0 bridgehead atoms. The number of nitrogens with one attached hydrogen (secondary N) is 1. The third kappa shape index (κ3) is 2.68. The first-order valence-electron chi connectivity index (χ1n) is 7.69. The van der Waals surface area contributed by atoms with Crippen LogP contribution in [0.3, 0.4) is 0 Å². The molecule has 0 aromatic heterocycles. The Labute approximate surface area is 106 Å². The van der Waals surface area contributed by atoms with Crippen LogP contribution in [0.5, 0.6) is 0 Å². The van der Waals surface area contributed by atoms with Gasteiger partial charge in [0.25, 0.3) is 0 Å². The highest BCUT2D eigenvalue weighted by Gasteiger charge is 2.37. The lowest BCUT2D eigenvalue weighted by atomic mass is 9.66. The van der Waals surface area contributed by atoms with Gasteiger partial charge in [0.1, 0.15) is 0 Å². The van der Waals surface area contributed by atoms with Gasteiger partial charge in [-0.1, -0.05) is 19.8 Å². The lowest BCUT2D eigenvalue weighted by molar-refractivity contribution is 0.0439. The number of piperidine rings is 1. The molecule has 17 heavy (non-hydrogen) atoms. The molecule has 2 saturated heterocycles. The van der Waals surface area contributed by atoms with Gasteiger partial charge in [-0.05, 0) is 56.0 Å². The molecular weight excluding hydrogens is 208 g/mol. The van der Waals surface area contributed by atoms with Crippen molar-refractivity contribution in [2.75, 3.05) is 32.7 Å². The Hall–Kier alpha value is -0.0800. The van der Waals surface area contributed by atoms with Crippen LogP contribution in [0.1, 0.15) is 45.4 Å². The summed E-state index contributed by atoms with van der Waals surface area (Å²) in [5.41, 5.74) is 0.765. The Balaban J connectivity index is 1.46. The monoisotopic (exact) mass is 236 g/mol. The zero-order valence-corrected chi connectivity index (χ0v) is 11.4. The Kier molecular flexibility index (Phi) is 3.45. The predicted octanol–water partition coefficient (Wildman–Crippen LogP) is 2.50. The van der Waals surface area contributed by atoms with E-state index < -0.39 is 0 Å². The van der Waals surface area contributed by atoms with Crippen molar-refractivity contribution in [1.82, 2.24) is 10.2 Å². The molecule has 0 unspecified atom stereocenters. The zero-order chi connectivity index (χ0) is 11.7. The molecule has 98 valence electrons. The molecule has 3 rings (SSSR count). The van der Waals surface area contributed by atoms with Gasteiger partial charge >= 0.3 is 0 Å². The first-order chi connectivity index (χ1) is 8.26. The standard InChI is InChI=1S/C15H28N2/c1-13-2-4-15(5-3-13)6-8-17(9-7-15)12-14-10-16-11-14/h13-14,16H,2-12H2,1H3. The van der Waals surface area contributed by atoms with Gasteiger partial charge in [-0.2, -0.15) is 0 Å². The maximum atomic E-state index is 3.39. The number of hydrogen-bond acceptors (Lipinski definition) is 2. The lowest BCUT2D eigenvalue weighted by Crippen LogP contribution is -2.51. The highest BCUT2D eigenvalue weighted by molar-refractivity contribution is 4.90. The maximum absolute atomic E-state index is 3.39. The molecule has 2 nitrogen and oxygen atoms in total. The zero-order valence-electron chi connectivity index (χ0n) is 11.4. The Morgan fingerprint density at radius 2 is 1.71 bits per heavy atom. The summed E-state index contributed by atoms with van der Waals surface area (Å²) in [6, 6.07) is 0. The number of likely N-dealkylation sites (tertiary alicyclic amines) is 1. The van der Waals surface area contributed by atoms with E-state index in [4.69, 9.17) is 0 Å². The second kappa shape index (κ2) is 4.89. The highest BCUT2D eigenvalue weighted by atomic mass is 15.1. The van der Waals surface area contributed by atoms with Gasteiger partial charge in [0.15, 0.2) is 0 Å². The fourth-order valence-corrected chi connectivity index (χ4v) is 3.93. The van der Waals surface area contributed by atoms with E-state index in [-0.39, 0.29) is 0 Å². The maximum Gasteiger partial charge on any atom is 0.00340 e. The summed E-state index contributed by atoms with van der Waals surface area (Å²) >= 11 is 0. The molecule has 0 radical (unpaired) electrons. The van der Waals surface area contributed by atoms with Gasteiger partial charge in [-0.25, -0.2) is 0 Å². The van der Waals surface area contributed by atoms with Gasteiger partial charge in [-0.15, -0.1) is 0 Å². The van der Waals surface area contributed by atoms with Crippen molar-refractivity contribution in [2.45, 2.75) is 45.4 Å². The van der Waals surface area contributed by atoms with Gasteiger partial charge in [0, 0.05) is 19.6 Å². The van der Waals surface area contributed by atoms with Crippen molar-refractivity contribution in [3.05, 3.63) is 0 Å². The first-order valence-corrected chi connectivity index (χ1v) is 7.69. The van der Waals surface area contributed by atoms with Crippen LogP contribution in [0.2, 0.25) is 0 Å². The predicted molar refractivity (Wildman–Crippen MR) is 72.1 cm³/mol. The summed E-state index contributed by atoms with van der Waals surface area (Å²) in [5.74, 6) is 1.95. The Morgan fingerprint density at radius 3 is 2.24 bits per heavy atom. The van der Waals surface area contributed by atoms with E-state index in [1.54, 1.807) is 0 Å². The molecule has 2 heterocycles. The SMILES string of the molecule is CC1CCC2(CC1)CCN(CC1CNC1)CC2. The lowest BCUT2D eigenvalue weighted by Gasteiger charge is -2.46. The molecule has 3 fully saturated rings. The molecule has 1 N–H and O–H groups in total. The molecule has 1 aliphatic carbocycles. The first kappa shape index (κ1) is 12.0. The number of hydrogen-bond donors (Lipinski definition) is 1. The van der Waals surface area contributed by atoms with Crippen LogP contribution in [0, 0.1) is 17.3 Å². The third-order valence-electron chi connectivity index (χ3n) is 5.63. The second-order valence-corrected chi connectivity index (χ2v) is 7.01. The molecule has 0 aromatic rings. The van der Waals surface area contributed by atoms with Crippen LogP contribution in [-0.2, 0) is 0 Å². The Morgan fingerprint density at radius 1 is 1.06 bits per heavy atom. The van der Waals surface area contributed by atoms with Crippen molar-refractivity contribution >= 4 is 0 Å². The average molecular weight is 236 g/mol. The molecule has 3 aliphatic rings. The summed E-state index contributed by atoms with van der Waals surface area (Å²) < 4.78 is 0. The molecule has 1 saturated carbocycles. The quantitative estimate of drug-likeness (QED) is 0.792. The van der Waals surface area contributed by atoms with Crippen LogP contribution in [-0.4, -0.2) is 37.6 Å². The van der Waals surface area contributed by atoms with Gasteiger partial charge in [0.2, 0.25) is 0 Å². The summed E-state index contributed by atoms with van der Waals surface area (Å²) in [5, 5.41) is 3.39. The largest absolute Gasteiger partial charge is 0.316 e. The van der Waals surface area contributed by atoms with E-state index in [1.807, 2.05) is 0 Å². The van der Waals surface area contributed by atoms with Crippen LogP contribution >= 0.6 is 0 Å². The smallest absolute Gasteiger partial charge is 0.00340 e. The summed E-state index contributed by atoms with van der Waals surface area (Å²) in [6.45, 7) is 9.08. The van der Waals surface area contributed by atoms with E-state index in [2.05, 4.69) is 17.1 Å². The average Bonchev–Trinajstić information content (AvgIpc) is 2.30. The molecule has 2 aliphatic heterocycles. The van der Waals surface area contributed by atoms with E-state index >= 15 is 0 Å². The highest BCUT2D eigenvalue weighted by Crippen LogP contribution is 2.46. The Bertz CT molecular complexity index is 242. The minimum atomic E-state index is 0.765. The second-order valence-electron chi connectivity index (χ2n) is 7.01. The number of nitrogens with zero attached hydrogens (tertiary/aromatic N) is 1. The van der Waals surface area contributed by atoms with E-state index in [0.29, 0.717) is 0 Å². The van der Waals surface area contributed by atoms with Crippen molar-refractivity contribution in [2.24, 2.45) is 17.3 Å². The van der Waals surface area contributed by atoms with Gasteiger partial charge in [0.05, 0.1) is 0 Å². The van der Waals surface area contributed by atoms with Crippen LogP contribution < -0.4 is 5.32 Å². The number of rotatable bonds is 2. The van der Waals surface area contributed by atoms with Gasteiger partial charge in [-0.3, -0.25) is 0 Å². The van der Waals surface area contributed by atoms with Crippen molar-refractivity contribution in [3.8, 4) is 0 Å². The minimum Gasteiger partial charge on any atom is -0.316 e. The van der Waals surface area contributed by atoms with E-state index in [0.717, 1.165) is 17.3 Å². The van der Waals surface area contributed by atoms with Crippen molar-refractivity contribution in [1.29, 1.82) is 0 Å². The normalized spacial score (nSPS) is 31.6. The molecular formula is C15H28N2. The molecule has 0 aromatic carbocycles. The topological polar surface area (TPSA) is 15.3 Å². The molecule has 1 spiro atoms. The fourth-order valence-electron chi connectivity index (χ4n) is 3.93. The molecule has 0 amide bonds. The van der Waals surface area contributed by atoms with Crippen molar-refractivity contribution in [3.63, 3.8) is 0 Å². The van der Waals surface area contributed by atoms with Crippen LogP contribution in [0.25, 0.3) is 0 Å². The summed E-state index contributed by atoms with van der Waals surface area (Å²) in [6.07, 6.45) is 9.00. The minimum absolute atomic E-state index is 0.765. The molecule has 0 atom stereocenters. The van der Waals surface area contributed by atoms with Crippen LogP contribution in [0.4, 0.5) is 0 Å². The fraction of sp³-hybridized carbons (Fsp3) is 1.00. The van der Waals surface area contributed by atoms with Crippen molar-refractivity contribution < 1.29 is 0 Å².